The van der Waals surface area contributed by atoms with Crippen molar-refractivity contribution in [3.05, 3.63) is 58.5 Å². The topological polar surface area (TPSA) is 37.8 Å². The monoisotopic (exact) mass is 337 g/mol. The van der Waals surface area contributed by atoms with Gasteiger partial charge < -0.3 is 5.32 Å². The Kier molecular flexibility index (Phi) is 4.88. The largest absolute Gasteiger partial charge is 0.373 e. The van der Waals surface area contributed by atoms with E-state index in [9.17, 15) is 4.39 Å². The zero-order valence-electron chi connectivity index (χ0n) is 13.4. The second kappa shape index (κ2) is 7.24. The molecule has 1 aromatic carbocycles. The average Bonchev–Trinajstić information content (AvgIpc) is 3.01. The summed E-state index contributed by atoms with van der Waals surface area (Å²) in [6, 6.07) is 9.60. The summed E-state index contributed by atoms with van der Waals surface area (Å²) < 4.78 is 14.9. The minimum atomic E-state index is -0.574. The van der Waals surface area contributed by atoms with Crippen molar-refractivity contribution in [1.29, 1.82) is 0 Å². The van der Waals surface area contributed by atoms with Gasteiger partial charge in [0, 0.05) is 7.05 Å². The number of rotatable bonds is 3. The molecule has 0 saturated carbocycles. The molecule has 0 fully saturated rings. The average molecular weight is 337 g/mol. The van der Waals surface area contributed by atoms with Crippen LogP contribution in [0.3, 0.4) is 0 Å². The molecule has 2 heterocycles. The molecule has 5 heteroatoms. The van der Waals surface area contributed by atoms with E-state index in [1.54, 1.807) is 36.6 Å². The van der Waals surface area contributed by atoms with Crippen molar-refractivity contribution in [2.45, 2.75) is 13.3 Å². The summed E-state index contributed by atoms with van der Waals surface area (Å²) in [6.07, 6.45) is 4.54. The Labute approximate surface area is 144 Å². The molecule has 0 unspecified atom stereocenters. The number of nitrogens with one attached hydrogen (secondary N) is 1. The van der Waals surface area contributed by atoms with Crippen LogP contribution < -0.4 is 5.32 Å². The van der Waals surface area contributed by atoms with Gasteiger partial charge in [-0.1, -0.05) is 24.8 Å². The molecule has 2 aromatic heterocycles. The van der Waals surface area contributed by atoms with E-state index in [2.05, 4.69) is 46.2 Å². The minimum absolute atomic E-state index is 0.274. The molecule has 3 nitrogen and oxygen atoms in total. The van der Waals surface area contributed by atoms with E-state index in [1.807, 2.05) is 12.1 Å². The standard InChI is InChI=1S/C19H16FN3S/c1-3-13-8-10-15-16(12-13)24-18(22-15)7-5-4-6-14-9-11-17(21-2)23-19(14)20/h5,7-12H,3H2,1-2H3,(H,21,23)/b7-5+. The van der Waals surface area contributed by atoms with Gasteiger partial charge in [0.15, 0.2) is 0 Å². The lowest BCUT2D eigenvalue weighted by molar-refractivity contribution is 0.582. The van der Waals surface area contributed by atoms with Gasteiger partial charge in [-0.3, -0.25) is 0 Å². The van der Waals surface area contributed by atoms with Gasteiger partial charge in [-0.25, -0.2) is 9.97 Å². The van der Waals surface area contributed by atoms with E-state index in [1.165, 1.54) is 10.3 Å². The minimum Gasteiger partial charge on any atom is -0.373 e. The maximum Gasteiger partial charge on any atom is 0.230 e. The van der Waals surface area contributed by atoms with Crippen molar-refractivity contribution in [1.82, 2.24) is 9.97 Å². The van der Waals surface area contributed by atoms with Gasteiger partial charge in [0.2, 0.25) is 5.95 Å². The van der Waals surface area contributed by atoms with Gasteiger partial charge in [0.1, 0.15) is 10.8 Å². The van der Waals surface area contributed by atoms with Crippen molar-refractivity contribution in [2.24, 2.45) is 0 Å². The highest BCUT2D eigenvalue weighted by Crippen LogP contribution is 2.24. The fourth-order valence-corrected chi connectivity index (χ4v) is 3.11. The highest BCUT2D eigenvalue weighted by molar-refractivity contribution is 7.19. The number of fused-ring (bicyclic) bond motifs is 1. The van der Waals surface area contributed by atoms with Gasteiger partial charge in [-0.2, -0.15) is 4.39 Å². The predicted octanol–water partition coefficient (Wildman–Crippen LogP) is 4.50. The summed E-state index contributed by atoms with van der Waals surface area (Å²) in [7, 11) is 1.69. The molecule has 3 rings (SSSR count). The van der Waals surface area contributed by atoms with Crippen LogP contribution in [0.15, 0.2) is 36.4 Å². The molecule has 1 N–H and O–H groups in total. The first-order valence-corrected chi connectivity index (χ1v) is 8.43. The number of aromatic nitrogens is 2. The first-order valence-electron chi connectivity index (χ1n) is 7.61. The quantitative estimate of drug-likeness (QED) is 0.565. The van der Waals surface area contributed by atoms with Gasteiger partial charge in [-0.05, 0) is 48.4 Å². The normalized spacial score (nSPS) is 10.8. The highest BCUT2D eigenvalue weighted by atomic mass is 32.1. The molecular weight excluding hydrogens is 321 g/mol. The number of thiazole rings is 1. The summed E-state index contributed by atoms with van der Waals surface area (Å²) in [4.78, 5) is 8.30. The molecular formula is C19H16FN3S. The van der Waals surface area contributed by atoms with Crippen molar-refractivity contribution in [3.8, 4) is 11.8 Å². The van der Waals surface area contributed by atoms with Crippen LogP contribution in [0.5, 0.6) is 0 Å². The number of pyridine rings is 1. The van der Waals surface area contributed by atoms with Crippen LogP contribution in [-0.2, 0) is 6.42 Å². The van der Waals surface area contributed by atoms with Crippen molar-refractivity contribution in [3.63, 3.8) is 0 Å². The van der Waals surface area contributed by atoms with Crippen molar-refractivity contribution in [2.75, 3.05) is 12.4 Å². The Balaban J connectivity index is 1.77. The molecule has 0 aliphatic heterocycles. The molecule has 0 saturated heterocycles. The Morgan fingerprint density at radius 1 is 1.25 bits per heavy atom. The molecule has 0 spiro atoms. The molecule has 0 bridgehead atoms. The fraction of sp³-hybridized carbons (Fsp3) is 0.158. The maximum atomic E-state index is 13.7. The molecule has 0 atom stereocenters. The van der Waals surface area contributed by atoms with Crippen LogP contribution in [0.25, 0.3) is 16.3 Å². The molecule has 3 aromatic rings. The van der Waals surface area contributed by atoms with Crippen LogP contribution in [0.4, 0.5) is 10.2 Å². The van der Waals surface area contributed by atoms with Crippen LogP contribution >= 0.6 is 11.3 Å². The maximum absolute atomic E-state index is 13.7. The van der Waals surface area contributed by atoms with Crippen LogP contribution in [0.2, 0.25) is 0 Å². The third kappa shape index (κ3) is 3.61. The number of hydrogen-bond donors (Lipinski definition) is 1. The predicted molar refractivity (Wildman–Crippen MR) is 98.7 cm³/mol. The number of anilines is 1. The van der Waals surface area contributed by atoms with E-state index in [0.717, 1.165) is 16.9 Å². The number of allylic oxidation sites excluding steroid dienone is 1. The molecule has 0 amide bonds. The number of benzene rings is 1. The van der Waals surface area contributed by atoms with E-state index >= 15 is 0 Å². The van der Waals surface area contributed by atoms with Crippen molar-refractivity contribution >= 4 is 33.4 Å². The van der Waals surface area contributed by atoms with E-state index in [4.69, 9.17) is 0 Å². The summed E-state index contributed by atoms with van der Waals surface area (Å²) in [5.41, 5.74) is 2.56. The van der Waals surface area contributed by atoms with Crippen molar-refractivity contribution < 1.29 is 4.39 Å². The second-order valence-corrected chi connectivity index (χ2v) is 6.16. The zero-order chi connectivity index (χ0) is 16.9. The van der Waals surface area contributed by atoms with Gasteiger partial charge in [0.25, 0.3) is 0 Å². The van der Waals surface area contributed by atoms with E-state index in [-0.39, 0.29) is 5.56 Å². The van der Waals surface area contributed by atoms with Gasteiger partial charge in [0.05, 0.1) is 15.8 Å². The third-order valence-corrected chi connectivity index (χ3v) is 4.48. The molecule has 0 aliphatic carbocycles. The molecule has 24 heavy (non-hydrogen) atoms. The first kappa shape index (κ1) is 16.2. The Bertz CT molecular complexity index is 964. The third-order valence-electron chi connectivity index (χ3n) is 3.50. The van der Waals surface area contributed by atoms with E-state index < -0.39 is 5.95 Å². The lowest BCUT2D eigenvalue weighted by Crippen LogP contribution is -1.96. The van der Waals surface area contributed by atoms with Crippen LogP contribution in [-0.4, -0.2) is 17.0 Å². The SMILES string of the molecule is CCc1ccc2nc(/C=C/C#Cc3ccc(NC)nc3F)sc2c1. The fourth-order valence-electron chi connectivity index (χ4n) is 2.18. The van der Waals surface area contributed by atoms with Gasteiger partial charge >= 0.3 is 0 Å². The second-order valence-electron chi connectivity index (χ2n) is 5.10. The molecule has 0 radical (unpaired) electrons. The number of aryl methyl sites for hydroxylation is 1. The molecule has 120 valence electrons. The Morgan fingerprint density at radius 2 is 2.12 bits per heavy atom. The first-order chi connectivity index (χ1) is 11.7. The zero-order valence-corrected chi connectivity index (χ0v) is 14.2. The Hall–Kier alpha value is -2.71. The smallest absolute Gasteiger partial charge is 0.230 e. The van der Waals surface area contributed by atoms with Gasteiger partial charge in [-0.15, -0.1) is 11.3 Å². The summed E-state index contributed by atoms with van der Waals surface area (Å²) in [5.74, 6) is 5.50. The van der Waals surface area contributed by atoms with Crippen LogP contribution in [0, 0.1) is 17.8 Å². The lowest BCUT2D eigenvalue weighted by atomic mass is 10.2. The lowest BCUT2D eigenvalue weighted by Gasteiger charge is -1.98. The number of nitrogens with zero attached hydrogens (tertiary/aromatic N) is 2. The summed E-state index contributed by atoms with van der Waals surface area (Å²) in [5, 5.41) is 3.67. The summed E-state index contributed by atoms with van der Waals surface area (Å²) in [6.45, 7) is 2.13. The highest BCUT2D eigenvalue weighted by Gasteiger charge is 2.02. The summed E-state index contributed by atoms with van der Waals surface area (Å²) >= 11 is 1.62. The van der Waals surface area contributed by atoms with Crippen LogP contribution in [0.1, 0.15) is 23.1 Å². The number of halogens is 1. The Morgan fingerprint density at radius 3 is 2.88 bits per heavy atom. The van der Waals surface area contributed by atoms with E-state index in [0.29, 0.717) is 5.82 Å². The molecule has 0 aliphatic rings. The number of hydrogen-bond acceptors (Lipinski definition) is 4.